The van der Waals surface area contributed by atoms with Gasteiger partial charge in [-0.25, -0.2) is 13.6 Å². The molecule has 2 aromatic carbocycles. The zero-order chi connectivity index (χ0) is 19.1. The highest BCUT2D eigenvalue weighted by atomic mass is 19.2. The molecule has 1 fully saturated rings. The predicted molar refractivity (Wildman–Crippen MR) is 85.9 cm³/mol. The zero-order valence-electron chi connectivity index (χ0n) is 13.5. The second kappa shape index (κ2) is 6.17. The molecule has 3 amide bonds. The number of nitrogens with one attached hydrogen (secondary N) is 1. The Morgan fingerprint density at radius 3 is 2.42 bits per heavy atom. The van der Waals surface area contributed by atoms with E-state index in [2.05, 4.69) is 5.32 Å². The number of halogens is 2. The first-order valence-corrected chi connectivity index (χ1v) is 7.56. The highest BCUT2D eigenvalue weighted by Gasteiger charge is 2.49. The monoisotopic (exact) mass is 361 g/mol. The SMILES string of the molecule is C[C@]1(c2ccc([N+](=O)[O-])cc2)NC(=O)N(Cc2cccc(F)c2F)C1=O. The van der Waals surface area contributed by atoms with Gasteiger partial charge in [0, 0.05) is 17.7 Å². The molecule has 0 aromatic heterocycles. The summed E-state index contributed by atoms with van der Waals surface area (Å²) in [5, 5.41) is 13.2. The van der Waals surface area contributed by atoms with Crippen molar-refractivity contribution < 1.29 is 23.3 Å². The number of benzene rings is 2. The molecule has 0 aliphatic carbocycles. The largest absolute Gasteiger partial charge is 0.325 e. The van der Waals surface area contributed by atoms with Crippen molar-refractivity contribution in [3.63, 3.8) is 0 Å². The Bertz CT molecular complexity index is 917. The number of non-ortho nitro benzene ring substituents is 1. The molecule has 26 heavy (non-hydrogen) atoms. The normalized spacial score (nSPS) is 19.6. The minimum atomic E-state index is -1.46. The first-order valence-electron chi connectivity index (χ1n) is 7.56. The Labute approximate surface area is 146 Å². The van der Waals surface area contributed by atoms with E-state index in [1.807, 2.05) is 0 Å². The number of hydrogen-bond donors (Lipinski definition) is 1. The van der Waals surface area contributed by atoms with Gasteiger partial charge in [0.25, 0.3) is 11.6 Å². The van der Waals surface area contributed by atoms with Crippen molar-refractivity contribution in [3.05, 3.63) is 75.3 Å². The third-order valence-corrected chi connectivity index (χ3v) is 4.29. The number of carbonyl (C=O) groups is 2. The Kier molecular flexibility index (Phi) is 4.15. The number of nitrogens with zero attached hydrogens (tertiary/aromatic N) is 2. The molecular weight excluding hydrogens is 348 g/mol. The van der Waals surface area contributed by atoms with Crippen LogP contribution in [0.4, 0.5) is 19.3 Å². The summed E-state index contributed by atoms with van der Waals surface area (Å²) in [7, 11) is 0. The second-order valence-electron chi connectivity index (χ2n) is 5.96. The third-order valence-electron chi connectivity index (χ3n) is 4.29. The molecule has 0 saturated carbocycles. The van der Waals surface area contributed by atoms with Crippen molar-refractivity contribution in [2.24, 2.45) is 0 Å². The van der Waals surface area contributed by atoms with E-state index in [0.717, 1.165) is 11.0 Å². The van der Waals surface area contributed by atoms with Crippen molar-refractivity contribution in [2.75, 3.05) is 0 Å². The van der Waals surface area contributed by atoms with Crippen LogP contribution in [0.1, 0.15) is 18.1 Å². The number of imide groups is 1. The van der Waals surface area contributed by atoms with Crippen LogP contribution in [-0.2, 0) is 16.9 Å². The second-order valence-corrected chi connectivity index (χ2v) is 5.96. The van der Waals surface area contributed by atoms with Gasteiger partial charge in [0.05, 0.1) is 11.5 Å². The van der Waals surface area contributed by atoms with Gasteiger partial charge in [-0.05, 0) is 30.7 Å². The zero-order valence-corrected chi connectivity index (χ0v) is 13.5. The average Bonchev–Trinajstić information content (AvgIpc) is 2.83. The summed E-state index contributed by atoms with van der Waals surface area (Å²) in [5.74, 6) is -2.87. The van der Waals surface area contributed by atoms with E-state index in [9.17, 15) is 28.5 Å². The lowest BCUT2D eigenvalue weighted by Gasteiger charge is -2.22. The van der Waals surface area contributed by atoms with Crippen LogP contribution in [0.3, 0.4) is 0 Å². The smallest absolute Gasteiger partial charge is 0.319 e. The highest BCUT2D eigenvalue weighted by Crippen LogP contribution is 2.31. The van der Waals surface area contributed by atoms with Crippen LogP contribution in [0.15, 0.2) is 42.5 Å². The Hall–Kier alpha value is -3.36. The quantitative estimate of drug-likeness (QED) is 0.515. The Balaban J connectivity index is 1.90. The van der Waals surface area contributed by atoms with E-state index in [4.69, 9.17) is 0 Å². The molecule has 7 nitrogen and oxygen atoms in total. The maximum Gasteiger partial charge on any atom is 0.325 e. The summed E-state index contributed by atoms with van der Waals surface area (Å²) in [5.41, 5.74) is -1.42. The number of amides is 3. The number of carbonyl (C=O) groups excluding carboxylic acids is 2. The van der Waals surface area contributed by atoms with E-state index >= 15 is 0 Å². The molecule has 2 aromatic rings. The van der Waals surface area contributed by atoms with Gasteiger partial charge >= 0.3 is 6.03 Å². The maximum absolute atomic E-state index is 13.8. The van der Waals surface area contributed by atoms with Crippen molar-refractivity contribution in [3.8, 4) is 0 Å². The summed E-state index contributed by atoms with van der Waals surface area (Å²) in [6.07, 6.45) is 0. The lowest BCUT2D eigenvalue weighted by molar-refractivity contribution is -0.384. The predicted octanol–water partition coefficient (Wildman–Crippen LogP) is 2.84. The minimum Gasteiger partial charge on any atom is -0.319 e. The lowest BCUT2D eigenvalue weighted by atomic mass is 9.92. The molecule has 1 heterocycles. The molecule has 0 bridgehead atoms. The number of nitro groups is 1. The van der Waals surface area contributed by atoms with Crippen LogP contribution in [-0.4, -0.2) is 21.8 Å². The van der Waals surface area contributed by atoms with Crippen LogP contribution in [0, 0.1) is 21.7 Å². The van der Waals surface area contributed by atoms with Gasteiger partial charge in [0.1, 0.15) is 5.54 Å². The standard InChI is InChI=1S/C17H13F2N3O4/c1-17(11-5-7-12(8-6-11)22(25)26)15(23)21(16(24)20-17)9-10-3-2-4-13(18)14(10)19/h2-8H,9H2,1H3,(H,20,24)/t17-/m1/s1. The summed E-state index contributed by atoms with van der Waals surface area (Å²) in [6, 6.07) is 7.89. The molecular formula is C17H13F2N3O4. The number of rotatable bonds is 4. The fraction of sp³-hybridized carbons (Fsp3) is 0.176. The van der Waals surface area contributed by atoms with Crippen LogP contribution < -0.4 is 5.32 Å². The maximum atomic E-state index is 13.8. The van der Waals surface area contributed by atoms with Gasteiger partial charge in [0.2, 0.25) is 0 Å². The molecule has 134 valence electrons. The van der Waals surface area contributed by atoms with Gasteiger partial charge in [-0.2, -0.15) is 0 Å². The summed E-state index contributed by atoms with van der Waals surface area (Å²) in [4.78, 5) is 35.9. The molecule has 1 aliphatic rings. The van der Waals surface area contributed by atoms with Crippen LogP contribution >= 0.6 is 0 Å². The number of urea groups is 1. The average molecular weight is 361 g/mol. The topological polar surface area (TPSA) is 92.6 Å². The van der Waals surface area contributed by atoms with E-state index in [-0.39, 0.29) is 11.3 Å². The van der Waals surface area contributed by atoms with E-state index in [1.165, 1.54) is 43.3 Å². The molecule has 0 spiro atoms. The molecule has 0 unspecified atom stereocenters. The number of nitro benzene ring substituents is 1. The van der Waals surface area contributed by atoms with Crippen molar-refractivity contribution >= 4 is 17.6 Å². The highest BCUT2D eigenvalue weighted by molar-refractivity contribution is 6.07. The van der Waals surface area contributed by atoms with E-state index in [1.54, 1.807) is 0 Å². The van der Waals surface area contributed by atoms with Crippen molar-refractivity contribution in [1.82, 2.24) is 10.2 Å². The first kappa shape index (κ1) is 17.5. The van der Waals surface area contributed by atoms with Gasteiger partial charge in [0.15, 0.2) is 11.6 Å². The molecule has 1 N–H and O–H groups in total. The third kappa shape index (κ3) is 2.77. The summed E-state index contributed by atoms with van der Waals surface area (Å²) >= 11 is 0. The number of hydrogen-bond acceptors (Lipinski definition) is 4. The van der Waals surface area contributed by atoms with Crippen LogP contribution in [0.5, 0.6) is 0 Å². The molecule has 9 heteroatoms. The molecule has 1 aliphatic heterocycles. The van der Waals surface area contributed by atoms with Gasteiger partial charge in [-0.1, -0.05) is 12.1 Å². The lowest BCUT2D eigenvalue weighted by Crippen LogP contribution is -2.40. The fourth-order valence-corrected chi connectivity index (χ4v) is 2.79. The van der Waals surface area contributed by atoms with Gasteiger partial charge in [-0.3, -0.25) is 19.8 Å². The van der Waals surface area contributed by atoms with Crippen LogP contribution in [0.25, 0.3) is 0 Å². The van der Waals surface area contributed by atoms with Gasteiger partial charge < -0.3 is 5.32 Å². The molecule has 3 rings (SSSR count). The van der Waals surface area contributed by atoms with Crippen molar-refractivity contribution in [1.29, 1.82) is 0 Å². The van der Waals surface area contributed by atoms with E-state index in [0.29, 0.717) is 5.56 Å². The van der Waals surface area contributed by atoms with Gasteiger partial charge in [-0.15, -0.1) is 0 Å². The summed E-state index contributed by atoms with van der Waals surface area (Å²) in [6.45, 7) is 1.01. The minimum absolute atomic E-state index is 0.138. The first-order chi connectivity index (χ1) is 12.2. The molecule has 1 atom stereocenters. The fourth-order valence-electron chi connectivity index (χ4n) is 2.79. The molecule has 1 saturated heterocycles. The van der Waals surface area contributed by atoms with Crippen molar-refractivity contribution in [2.45, 2.75) is 19.0 Å². The Morgan fingerprint density at radius 2 is 1.81 bits per heavy atom. The Morgan fingerprint density at radius 1 is 1.15 bits per heavy atom. The summed E-state index contributed by atoms with van der Waals surface area (Å²) < 4.78 is 27.2. The molecule has 0 radical (unpaired) electrons. The van der Waals surface area contributed by atoms with Crippen LogP contribution in [0.2, 0.25) is 0 Å². The van der Waals surface area contributed by atoms with E-state index < -0.39 is 40.6 Å².